The van der Waals surface area contributed by atoms with E-state index in [1.165, 1.54) is 0 Å². The van der Waals surface area contributed by atoms with Gasteiger partial charge < -0.3 is 5.21 Å². The van der Waals surface area contributed by atoms with Crippen LogP contribution in [0.25, 0.3) is 22.1 Å². The summed E-state index contributed by atoms with van der Waals surface area (Å²) in [6.45, 7) is 2.24. The minimum Gasteiger partial charge on any atom is -0.411 e. The Hall–Kier alpha value is -3.35. The van der Waals surface area contributed by atoms with Gasteiger partial charge in [-0.1, -0.05) is 22.5 Å². The first-order valence-corrected chi connectivity index (χ1v) is 7.47. The molecule has 7 nitrogen and oxygen atoms in total. The van der Waals surface area contributed by atoms with Gasteiger partial charge in [-0.25, -0.2) is 9.67 Å². The van der Waals surface area contributed by atoms with Crippen molar-refractivity contribution in [1.82, 2.24) is 25.0 Å². The van der Waals surface area contributed by atoms with Gasteiger partial charge in [0.2, 0.25) is 0 Å². The molecule has 0 amide bonds. The van der Waals surface area contributed by atoms with E-state index in [0.29, 0.717) is 29.1 Å². The average molecular weight is 318 g/mol. The predicted octanol–water partition coefficient (Wildman–Crippen LogP) is 2.62. The SMILES string of the molecule is CC(=NO)c1ccc2nnn(Cc3ccc4ncccc4c3)c2n1. The van der Waals surface area contributed by atoms with E-state index in [-0.39, 0.29) is 0 Å². The minimum absolute atomic E-state index is 0.446. The van der Waals surface area contributed by atoms with Crippen LogP contribution < -0.4 is 0 Å². The summed E-state index contributed by atoms with van der Waals surface area (Å²) in [5.74, 6) is 0. The highest BCUT2D eigenvalue weighted by Crippen LogP contribution is 2.16. The molecular weight excluding hydrogens is 304 g/mol. The summed E-state index contributed by atoms with van der Waals surface area (Å²) in [4.78, 5) is 8.82. The van der Waals surface area contributed by atoms with Crippen LogP contribution in [0.1, 0.15) is 18.2 Å². The van der Waals surface area contributed by atoms with Crippen LogP contribution in [0.15, 0.2) is 53.8 Å². The number of fused-ring (bicyclic) bond motifs is 2. The zero-order valence-corrected chi connectivity index (χ0v) is 13.0. The second-order valence-corrected chi connectivity index (χ2v) is 5.50. The molecule has 0 fully saturated rings. The topological polar surface area (TPSA) is 89.1 Å². The highest BCUT2D eigenvalue weighted by atomic mass is 16.4. The lowest BCUT2D eigenvalue weighted by molar-refractivity contribution is 0.319. The first kappa shape index (κ1) is 14.3. The van der Waals surface area contributed by atoms with Crippen molar-refractivity contribution >= 4 is 27.8 Å². The molecule has 0 aliphatic carbocycles. The standard InChI is InChI=1S/C17H14N6O/c1-11(21-24)14-6-7-16-17(19-14)23(22-20-16)10-12-4-5-15-13(9-12)3-2-8-18-15/h2-9,24H,10H2,1H3. The van der Waals surface area contributed by atoms with Crippen LogP contribution in [-0.4, -0.2) is 35.9 Å². The van der Waals surface area contributed by atoms with Gasteiger partial charge in [-0.15, -0.1) is 5.10 Å². The Labute approximate surface area is 137 Å². The largest absolute Gasteiger partial charge is 0.411 e. The zero-order chi connectivity index (χ0) is 16.5. The van der Waals surface area contributed by atoms with Gasteiger partial charge in [-0.05, 0) is 42.8 Å². The van der Waals surface area contributed by atoms with E-state index >= 15 is 0 Å². The summed E-state index contributed by atoms with van der Waals surface area (Å²) < 4.78 is 1.74. The van der Waals surface area contributed by atoms with Crippen molar-refractivity contribution in [3.63, 3.8) is 0 Å². The van der Waals surface area contributed by atoms with Crippen LogP contribution in [0.5, 0.6) is 0 Å². The second-order valence-electron chi connectivity index (χ2n) is 5.50. The quantitative estimate of drug-likeness (QED) is 0.356. The molecule has 4 rings (SSSR count). The van der Waals surface area contributed by atoms with Crippen LogP contribution in [0, 0.1) is 0 Å². The maximum absolute atomic E-state index is 8.92. The number of benzene rings is 1. The summed E-state index contributed by atoms with van der Waals surface area (Å²) in [6.07, 6.45) is 1.78. The van der Waals surface area contributed by atoms with Gasteiger partial charge >= 0.3 is 0 Å². The fourth-order valence-electron chi connectivity index (χ4n) is 2.61. The molecule has 7 heteroatoms. The van der Waals surface area contributed by atoms with Gasteiger partial charge in [0.15, 0.2) is 5.65 Å². The van der Waals surface area contributed by atoms with Crippen LogP contribution in [0.3, 0.4) is 0 Å². The van der Waals surface area contributed by atoms with E-state index in [1.54, 1.807) is 23.9 Å². The van der Waals surface area contributed by atoms with Crippen molar-refractivity contribution in [3.8, 4) is 0 Å². The van der Waals surface area contributed by atoms with E-state index < -0.39 is 0 Å². The van der Waals surface area contributed by atoms with Crippen LogP contribution in [-0.2, 0) is 6.54 Å². The summed E-state index contributed by atoms with van der Waals surface area (Å²) in [6, 6.07) is 13.6. The van der Waals surface area contributed by atoms with E-state index in [9.17, 15) is 0 Å². The molecule has 0 saturated carbocycles. The number of hydrogen-bond donors (Lipinski definition) is 1. The van der Waals surface area contributed by atoms with E-state index in [0.717, 1.165) is 16.5 Å². The molecule has 0 saturated heterocycles. The Kier molecular flexibility index (Phi) is 3.38. The molecule has 118 valence electrons. The Morgan fingerprint density at radius 1 is 1.17 bits per heavy atom. The number of oxime groups is 1. The lowest BCUT2D eigenvalue weighted by atomic mass is 10.1. The first-order valence-electron chi connectivity index (χ1n) is 7.47. The van der Waals surface area contributed by atoms with Gasteiger partial charge in [0, 0.05) is 11.6 Å². The molecule has 0 atom stereocenters. The van der Waals surface area contributed by atoms with Gasteiger partial charge in [0.1, 0.15) is 11.2 Å². The van der Waals surface area contributed by atoms with E-state index in [1.807, 2.05) is 30.3 Å². The molecule has 3 aromatic heterocycles. The molecule has 0 bridgehead atoms. The normalized spacial score (nSPS) is 12.1. The van der Waals surface area contributed by atoms with Crippen molar-refractivity contribution in [2.75, 3.05) is 0 Å². The Bertz CT molecular complexity index is 1070. The van der Waals surface area contributed by atoms with Crippen LogP contribution in [0.2, 0.25) is 0 Å². The predicted molar refractivity (Wildman–Crippen MR) is 90.2 cm³/mol. The maximum atomic E-state index is 8.92. The minimum atomic E-state index is 0.446. The zero-order valence-electron chi connectivity index (χ0n) is 13.0. The first-order chi connectivity index (χ1) is 11.7. The number of rotatable bonds is 3. The number of aromatic nitrogens is 5. The third-order valence-corrected chi connectivity index (χ3v) is 3.88. The highest BCUT2D eigenvalue weighted by molar-refractivity contribution is 5.97. The van der Waals surface area contributed by atoms with Crippen molar-refractivity contribution < 1.29 is 5.21 Å². The highest BCUT2D eigenvalue weighted by Gasteiger charge is 2.10. The fraction of sp³-hybridized carbons (Fsp3) is 0.118. The molecule has 3 heterocycles. The Balaban J connectivity index is 1.75. The van der Waals surface area contributed by atoms with Crippen LogP contribution >= 0.6 is 0 Å². The Morgan fingerprint density at radius 3 is 2.92 bits per heavy atom. The molecule has 0 spiro atoms. The molecule has 0 radical (unpaired) electrons. The molecular formula is C17H14N6O. The summed E-state index contributed by atoms with van der Waals surface area (Å²) in [5, 5.41) is 21.5. The van der Waals surface area contributed by atoms with E-state index in [4.69, 9.17) is 5.21 Å². The van der Waals surface area contributed by atoms with Gasteiger partial charge in [-0.3, -0.25) is 4.98 Å². The van der Waals surface area contributed by atoms with Crippen molar-refractivity contribution in [3.05, 3.63) is 59.9 Å². The average Bonchev–Trinajstić information content (AvgIpc) is 3.03. The molecule has 1 aromatic carbocycles. The number of hydrogen-bond acceptors (Lipinski definition) is 6. The summed E-state index contributed by atoms with van der Waals surface area (Å²) in [5.41, 5.74) is 4.44. The fourth-order valence-corrected chi connectivity index (χ4v) is 2.61. The molecule has 1 N–H and O–H groups in total. The molecule has 24 heavy (non-hydrogen) atoms. The molecule has 0 aliphatic heterocycles. The van der Waals surface area contributed by atoms with Gasteiger partial charge in [0.05, 0.1) is 17.8 Å². The molecule has 4 aromatic rings. The smallest absolute Gasteiger partial charge is 0.179 e. The summed E-state index contributed by atoms with van der Waals surface area (Å²) >= 11 is 0. The lowest BCUT2D eigenvalue weighted by Crippen LogP contribution is -2.05. The Morgan fingerprint density at radius 2 is 2.04 bits per heavy atom. The lowest BCUT2D eigenvalue weighted by Gasteiger charge is -2.05. The second kappa shape index (κ2) is 5.69. The number of pyridine rings is 2. The number of nitrogens with zero attached hydrogens (tertiary/aromatic N) is 6. The van der Waals surface area contributed by atoms with Gasteiger partial charge in [0.25, 0.3) is 0 Å². The van der Waals surface area contributed by atoms with Gasteiger partial charge in [-0.2, -0.15) is 0 Å². The van der Waals surface area contributed by atoms with E-state index in [2.05, 4.69) is 31.5 Å². The molecule has 0 aliphatic rings. The maximum Gasteiger partial charge on any atom is 0.179 e. The van der Waals surface area contributed by atoms with Crippen LogP contribution in [0.4, 0.5) is 0 Å². The molecule has 0 unspecified atom stereocenters. The van der Waals surface area contributed by atoms with Crippen molar-refractivity contribution in [2.24, 2.45) is 5.16 Å². The third kappa shape index (κ3) is 2.45. The van der Waals surface area contributed by atoms with Crippen molar-refractivity contribution in [1.29, 1.82) is 0 Å². The monoisotopic (exact) mass is 318 g/mol. The summed E-state index contributed by atoms with van der Waals surface area (Å²) in [7, 11) is 0. The van der Waals surface area contributed by atoms with Crippen molar-refractivity contribution in [2.45, 2.75) is 13.5 Å². The third-order valence-electron chi connectivity index (χ3n) is 3.88.